The van der Waals surface area contributed by atoms with Gasteiger partial charge >= 0.3 is 0 Å². The molecule has 17 heavy (non-hydrogen) atoms. The average molecular weight is 248 g/mol. The van der Waals surface area contributed by atoms with Crippen LogP contribution in [0.2, 0.25) is 0 Å². The van der Waals surface area contributed by atoms with E-state index < -0.39 is 0 Å². The van der Waals surface area contributed by atoms with Crippen molar-refractivity contribution in [3.05, 3.63) is 47.2 Å². The molecule has 0 amide bonds. The summed E-state index contributed by atoms with van der Waals surface area (Å²) in [6.45, 7) is 7.16. The molecule has 0 bridgehead atoms. The third-order valence-corrected chi connectivity index (χ3v) is 3.47. The zero-order valence-electron chi connectivity index (χ0n) is 9.78. The molecule has 1 aromatic rings. The number of thiophene rings is 1. The van der Waals surface area contributed by atoms with Crippen LogP contribution in [0.4, 0.5) is 0 Å². The van der Waals surface area contributed by atoms with Crippen molar-refractivity contribution in [1.29, 1.82) is 0 Å². The summed E-state index contributed by atoms with van der Waals surface area (Å²) in [5, 5.41) is 0. The van der Waals surface area contributed by atoms with E-state index in [1.165, 1.54) is 11.3 Å². The maximum Gasteiger partial charge on any atom is 0.173 e. The Hall–Kier alpha value is -1.48. The Morgan fingerprint density at radius 2 is 1.41 bits per heavy atom. The third kappa shape index (κ3) is 4.11. The normalized spacial score (nSPS) is 9.88. The molecule has 1 heterocycles. The van der Waals surface area contributed by atoms with Crippen LogP contribution in [0.25, 0.3) is 0 Å². The summed E-state index contributed by atoms with van der Waals surface area (Å²) in [5.41, 5.74) is 0. The van der Waals surface area contributed by atoms with Crippen LogP contribution < -0.4 is 0 Å². The minimum Gasteiger partial charge on any atom is -0.293 e. The highest BCUT2D eigenvalue weighted by Crippen LogP contribution is 2.20. The minimum atomic E-state index is 0.0812. The lowest BCUT2D eigenvalue weighted by Gasteiger charge is -1.94. The maximum atomic E-state index is 11.7. The van der Waals surface area contributed by atoms with Crippen molar-refractivity contribution >= 4 is 22.9 Å². The van der Waals surface area contributed by atoms with Crippen LogP contribution in [-0.4, -0.2) is 11.6 Å². The van der Waals surface area contributed by atoms with E-state index in [0.717, 1.165) is 0 Å². The van der Waals surface area contributed by atoms with Gasteiger partial charge in [-0.1, -0.05) is 12.2 Å². The van der Waals surface area contributed by atoms with Crippen LogP contribution in [0, 0.1) is 0 Å². The Morgan fingerprint density at radius 3 is 1.76 bits per heavy atom. The van der Waals surface area contributed by atoms with Crippen LogP contribution >= 0.6 is 11.3 Å². The highest BCUT2D eigenvalue weighted by atomic mass is 32.1. The molecule has 0 aliphatic carbocycles. The van der Waals surface area contributed by atoms with Gasteiger partial charge in [0.05, 0.1) is 9.75 Å². The lowest BCUT2D eigenvalue weighted by molar-refractivity contribution is 0.0981. The summed E-state index contributed by atoms with van der Waals surface area (Å²) in [6, 6.07) is 3.47. The topological polar surface area (TPSA) is 34.1 Å². The van der Waals surface area contributed by atoms with Gasteiger partial charge in [0.25, 0.3) is 0 Å². The van der Waals surface area contributed by atoms with Gasteiger partial charge in [-0.2, -0.15) is 0 Å². The van der Waals surface area contributed by atoms with Gasteiger partial charge in [0.15, 0.2) is 11.6 Å². The molecule has 0 saturated heterocycles. The molecule has 0 aliphatic rings. The molecule has 0 fully saturated rings. The van der Waals surface area contributed by atoms with E-state index >= 15 is 0 Å². The Bertz CT molecular complexity index is 391. The fraction of sp³-hybridized carbons (Fsp3) is 0.286. The van der Waals surface area contributed by atoms with Crippen molar-refractivity contribution in [1.82, 2.24) is 0 Å². The summed E-state index contributed by atoms with van der Waals surface area (Å²) in [6.07, 6.45) is 5.73. The summed E-state index contributed by atoms with van der Waals surface area (Å²) >= 11 is 1.28. The second kappa shape index (κ2) is 6.97. The highest BCUT2D eigenvalue weighted by Gasteiger charge is 2.12. The van der Waals surface area contributed by atoms with Gasteiger partial charge in [0, 0.05) is 12.8 Å². The molecule has 0 N–H and O–H groups in total. The average Bonchev–Trinajstić information content (AvgIpc) is 2.82. The number of carbonyl (C=O) groups excluding carboxylic acids is 2. The lowest BCUT2D eigenvalue weighted by Crippen LogP contribution is -1.95. The van der Waals surface area contributed by atoms with E-state index in [0.29, 0.717) is 35.4 Å². The predicted molar refractivity (Wildman–Crippen MR) is 71.8 cm³/mol. The van der Waals surface area contributed by atoms with Crippen LogP contribution in [0.5, 0.6) is 0 Å². The zero-order valence-corrected chi connectivity index (χ0v) is 10.6. The molecular weight excluding hydrogens is 232 g/mol. The van der Waals surface area contributed by atoms with E-state index in [9.17, 15) is 9.59 Å². The molecular formula is C14H16O2S. The SMILES string of the molecule is C=CCCC(=O)c1ccc(C(=O)CCC=C)s1. The Balaban J connectivity index is 2.63. The molecule has 0 atom stereocenters. The summed E-state index contributed by atoms with van der Waals surface area (Å²) in [4.78, 5) is 24.7. The van der Waals surface area contributed by atoms with E-state index in [-0.39, 0.29) is 11.6 Å². The number of carbonyl (C=O) groups is 2. The van der Waals surface area contributed by atoms with Crippen LogP contribution in [0.15, 0.2) is 37.4 Å². The molecule has 90 valence electrons. The molecule has 2 nitrogen and oxygen atoms in total. The van der Waals surface area contributed by atoms with Crippen LogP contribution in [0.3, 0.4) is 0 Å². The third-order valence-electron chi connectivity index (χ3n) is 2.31. The van der Waals surface area contributed by atoms with Gasteiger partial charge in [0.1, 0.15) is 0 Å². The van der Waals surface area contributed by atoms with Gasteiger partial charge in [0.2, 0.25) is 0 Å². The molecule has 0 radical (unpaired) electrons. The van der Waals surface area contributed by atoms with Gasteiger partial charge in [-0.3, -0.25) is 9.59 Å². The first-order chi connectivity index (χ1) is 8.19. The quantitative estimate of drug-likeness (QED) is 0.514. The molecule has 0 spiro atoms. The van der Waals surface area contributed by atoms with Crippen molar-refractivity contribution < 1.29 is 9.59 Å². The second-order valence-electron chi connectivity index (χ2n) is 3.66. The molecule has 1 aromatic heterocycles. The monoisotopic (exact) mass is 248 g/mol. The first kappa shape index (κ1) is 13.6. The highest BCUT2D eigenvalue weighted by molar-refractivity contribution is 7.16. The van der Waals surface area contributed by atoms with E-state index in [1.54, 1.807) is 24.3 Å². The lowest BCUT2D eigenvalue weighted by atomic mass is 10.2. The fourth-order valence-electron chi connectivity index (χ4n) is 1.35. The van der Waals surface area contributed by atoms with Gasteiger partial charge in [-0.05, 0) is 25.0 Å². The molecule has 0 aliphatic heterocycles. The number of hydrogen-bond donors (Lipinski definition) is 0. The van der Waals surface area contributed by atoms with Crippen LogP contribution in [-0.2, 0) is 0 Å². The summed E-state index contributed by atoms with van der Waals surface area (Å²) in [5.74, 6) is 0.162. The number of allylic oxidation sites excluding steroid dienone is 2. The zero-order chi connectivity index (χ0) is 12.7. The van der Waals surface area contributed by atoms with E-state index in [2.05, 4.69) is 13.2 Å². The predicted octanol–water partition coefficient (Wildman–Crippen LogP) is 4.05. The van der Waals surface area contributed by atoms with Gasteiger partial charge < -0.3 is 0 Å². The van der Waals surface area contributed by atoms with Crippen molar-refractivity contribution in [2.75, 3.05) is 0 Å². The maximum absolute atomic E-state index is 11.7. The van der Waals surface area contributed by atoms with Crippen molar-refractivity contribution in [2.24, 2.45) is 0 Å². The number of hydrogen-bond acceptors (Lipinski definition) is 3. The Morgan fingerprint density at radius 1 is 1.00 bits per heavy atom. The second-order valence-corrected chi connectivity index (χ2v) is 4.75. The first-order valence-corrected chi connectivity index (χ1v) is 6.38. The summed E-state index contributed by atoms with van der Waals surface area (Å²) in [7, 11) is 0. The minimum absolute atomic E-state index is 0.0812. The number of Topliss-reactive ketones (excluding diaryl/α,β-unsaturated/α-hetero) is 2. The summed E-state index contributed by atoms with van der Waals surface area (Å²) < 4.78 is 0. The van der Waals surface area contributed by atoms with Gasteiger partial charge in [-0.25, -0.2) is 0 Å². The van der Waals surface area contributed by atoms with Crippen molar-refractivity contribution in [3.8, 4) is 0 Å². The van der Waals surface area contributed by atoms with Crippen molar-refractivity contribution in [2.45, 2.75) is 25.7 Å². The number of ketones is 2. The molecule has 3 heteroatoms. The Kier molecular flexibility index (Phi) is 5.57. The first-order valence-electron chi connectivity index (χ1n) is 5.57. The molecule has 0 unspecified atom stereocenters. The number of rotatable bonds is 8. The van der Waals surface area contributed by atoms with Crippen LogP contribution in [0.1, 0.15) is 45.0 Å². The fourth-order valence-corrected chi connectivity index (χ4v) is 2.29. The Labute approximate surface area is 106 Å². The molecule has 0 aromatic carbocycles. The standard InChI is InChI=1S/C14H16O2S/c1-3-5-7-11(15)13-9-10-14(17-13)12(16)8-6-4-2/h3-4,9-10H,1-2,5-8H2. The molecule has 0 saturated carbocycles. The molecule has 1 rings (SSSR count). The largest absolute Gasteiger partial charge is 0.293 e. The van der Waals surface area contributed by atoms with E-state index in [1.807, 2.05) is 0 Å². The van der Waals surface area contributed by atoms with E-state index in [4.69, 9.17) is 0 Å². The van der Waals surface area contributed by atoms with Crippen molar-refractivity contribution in [3.63, 3.8) is 0 Å². The van der Waals surface area contributed by atoms with Gasteiger partial charge in [-0.15, -0.1) is 24.5 Å². The smallest absolute Gasteiger partial charge is 0.173 e.